The van der Waals surface area contributed by atoms with E-state index < -0.39 is 0 Å². The van der Waals surface area contributed by atoms with E-state index in [2.05, 4.69) is 27.4 Å². The zero-order valence-corrected chi connectivity index (χ0v) is 13.4. The first-order chi connectivity index (χ1) is 11.1. The molecule has 3 rings (SSSR count). The van der Waals surface area contributed by atoms with E-state index in [4.69, 9.17) is 0 Å². The van der Waals surface area contributed by atoms with Crippen molar-refractivity contribution in [1.82, 2.24) is 15.3 Å². The molecule has 0 spiro atoms. The number of hydrogen-bond acceptors (Lipinski definition) is 2. The molecule has 118 valence electrons. The molecular formula is C19H21N3O. The standard InChI is InChI=1S/C19H21N3O/c1-13(2)19(23)22-17(12-14-8-4-3-5-9-14)18-20-15-10-6-7-11-16(15)21-18/h3-11,13,17H,12H2,1-2H3,(H,20,21)(H,22,23)/t17-/m0/s1. The quantitative estimate of drug-likeness (QED) is 0.756. The lowest BCUT2D eigenvalue weighted by atomic mass is 10.0. The van der Waals surface area contributed by atoms with Crippen molar-refractivity contribution in [3.8, 4) is 0 Å². The second kappa shape index (κ2) is 6.65. The van der Waals surface area contributed by atoms with Crippen molar-refractivity contribution < 1.29 is 4.79 Å². The van der Waals surface area contributed by atoms with Crippen LogP contribution >= 0.6 is 0 Å². The van der Waals surface area contributed by atoms with Crippen LogP contribution in [0.25, 0.3) is 11.0 Å². The van der Waals surface area contributed by atoms with Crippen LogP contribution in [0.3, 0.4) is 0 Å². The van der Waals surface area contributed by atoms with Crippen molar-refractivity contribution in [2.24, 2.45) is 5.92 Å². The largest absolute Gasteiger partial charge is 0.346 e. The van der Waals surface area contributed by atoms with Gasteiger partial charge in [-0.2, -0.15) is 0 Å². The number of carbonyl (C=O) groups excluding carboxylic acids is 1. The normalized spacial score (nSPS) is 12.5. The molecule has 23 heavy (non-hydrogen) atoms. The van der Waals surface area contributed by atoms with Crippen LogP contribution in [0.1, 0.15) is 31.3 Å². The second-order valence-corrected chi connectivity index (χ2v) is 6.04. The van der Waals surface area contributed by atoms with Crippen LogP contribution < -0.4 is 5.32 Å². The number of amides is 1. The van der Waals surface area contributed by atoms with Gasteiger partial charge in [-0.05, 0) is 24.1 Å². The number of aromatic nitrogens is 2. The molecule has 0 aliphatic heterocycles. The molecule has 1 heterocycles. The van der Waals surface area contributed by atoms with Crippen LogP contribution in [0.2, 0.25) is 0 Å². The minimum atomic E-state index is -0.167. The van der Waals surface area contributed by atoms with E-state index in [0.717, 1.165) is 16.9 Å². The molecule has 0 radical (unpaired) electrons. The summed E-state index contributed by atoms with van der Waals surface area (Å²) in [6.07, 6.45) is 0.707. The smallest absolute Gasteiger partial charge is 0.223 e. The number of benzene rings is 2. The molecule has 2 N–H and O–H groups in total. The average molecular weight is 307 g/mol. The lowest BCUT2D eigenvalue weighted by Gasteiger charge is -2.18. The lowest BCUT2D eigenvalue weighted by molar-refractivity contribution is -0.124. The number of H-pyrrole nitrogens is 1. The van der Waals surface area contributed by atoms with E-state index in [1.807, 2.05) is 56.3 Å². The number of fused-ring (bicyclic) bond motifs is 1. The lowest BCUT2D eigenvalue weighted by Crippen LogP contribution is -2.33. The predicted octanol–water partition coefficient (Wildman–Crippen LogP) is 3.62. The fourth-order valence-corrected chi connectivity index (χ4v) is 2.54. The second-order valence-electron chi connectivity index (χ2n) is 6.04. The highest BCUT2D eigenvalue weighted by Gasteiger charge is 2.20. The molecule has 1 amide bonds. The summed E-state index contributed by atoms with van der Waals surface area (Å²) < 4.78 is 0. The van der Waals surface area contributed by atoms with Crippen LogP contribution in [0, 0.1) is 5.92 Å². The molecule has 0 unspecified atom stereocenters. The Hall–Kier alpha value is -2.62. The topological polar surface area (TPSA) is 57.8 Å². The van der Waals surface area contributed by atoms with Crippen molar-refractivity contribution in [1.29, 1.82) is 0 Å². The molecule has 0 aliphatic carbocycles. The Bertz CT molecular complexity index is 759. The molecule has 0 fully saturated rings. The molecule has 1 atom stereocenters. The van der Waals surface area contributed by atoms with Gasteiger partial charge in [-0.1, -0.05) is 56.3 Å². The third-order valence-electron chi connectivity index (χ3n) is 3.86. The highest BCUT2D eigenvalue weighted by atomic mass is 16.1. The Balaban J connectivity index is 1.91. The number of imidazole rings is 1. The van der Waals surface area contributed by atoms with Gasteiger partial charge in [0.2, 0.25) is 5.91 Å². The Morgan fingerprint density at radius 3 is 2.48 bits per heavy atom. The van der Waals surface area contributed by atoms with Crippen molar-refractivity contribution in [2.75, 3.05) is 0 Å². The number of nitrogens with zero attached hydrogens (tertiary/aromatic N) is 1. The number of hydrogen-bond donors (Lipinski definition) is 2. The Kier molecular flexibility index (Phi) is 4.42. The van der Waals surface area contributed by atoms with Gasteiger partial charge in [0.1, 0.15) is 5.82 Å². The van der Waals surface area contributed by atoms with Gasteiger partial charge in [-0.25, -0.2) is 4.98 Å². The minimum absolute atomic E-state index is 0.0337. The fourth-order valence-electron chi connectivity index (χ4n) is 2.54. The molecular weight excluding hydrogens is 286 g/mol. The molecule has 0 saturated heterocycles. The molecule has 3 aromatic rings. The summed E-state index contributed by atoms with van der Waals surface area (Å²) in [5, 5.41) is 3.11. The third-order valence-corrected chi connectivity index (χ3v) is 3.86. The van der Waals surface area contributed by atoms with Gasteiger partial charge in [0.05, 0.1) is 17.1 Å². The van der Waals surface area contributed by atoms with Crippen LogP contribution in [-0.2, 0) is 11.2 Å². The van der Waals surface area contributed by atoms with E-state index >= 15 is 0 Å². The van der Waals surface area contributed by atoms with Gasteiger partial charge in [-0.3, -0.25) is 4.79 Å². The third kappa shape index (κ3) is 3.59. The van der Waals surface area contributed by atoms with Crippen LogP contribution in [0.4, 0.5) is 0 Å². The van der Waals surface area contributed by atoms with Gasteiger partial charge in [0.25, 0.3) is 0 Å². The van der Waals surface area contributed by atoms with E-state index in [1.165, 1.54) is 5.56 Å². The zero-order valence-electron chi connectivity index (χ0n) is 13.4. The van der Waals surface area contributed by atoms with Gasteiger partial charge < -0.3 is 10.3 Å². The fraction of sp³-hybridized carbons (Fsp3) is 0.263. The number of nitrogens with one attached hydrogen (secondary N) is 2. The van der Waals surface area contributed by atoms with Gasteiger partial charge in [0, 0.05) is 5.92 Å². The first-order valence-corrected chi connectivity index (χ1v) is 7.92. The number of carbonyl (C=O) groups is 1. The predicted molar refractivity (Wildman–Crippen MR) is 92.0 cm³/mol. The number of aromatic amines is 1. The monoisotopic (exact) mass is 307 g/mol. The molecule has 2 aromatic carbocycles. The highest BCUT2D eigenvalue weighted by Crippen LogP contribution is 2.20. The molecule has 0 aliphatic rings. The zero-order chi connectivity index (χ0) is 16.2. The summed E-state index contributed by atoms with van der Waals surface area (Å²) >= 11 is 0. The summed E-state index contributed by atoms with van der Waals surface area (Å²) in [6.45, 7) is 3.79. The first-order valence-electron chi connectivity index (χ1n) is 7.92. The summed E-state index contributed by atoms with van der Waals surface area (Å²) in [5.41, 5.74) is 3.07. The minimum Gasteiger partial charge on any atom is -0.346 e. The molecule has 4 heteroatoms. The van der Waals surface area contributed by atoms with E-state index in [0.29, 0.717) is 6.42 Å². The SMILES string of the molecule is CC(C)C(=O)N[C@@H](Cc1ccccc1)c1nc2ccccc2[nH]1. The van der Waals surface area contributed by atoms with Crippen molar-refractivity contribution >= 4 is 16.9 Å². The van der Waals surface area contributed by atoms with Crippen LogP contribution in [0.5, 0.6) is 0 Å². The molecule has 0 saturated carbocycles. The van der Waals surface area contributed by atoms with Crippen molar-refractivity contribution in [3.63, 3.8) is 0 Å². The maximum Gasteiger partial charge on any atom is 0.223 e. The maximum absolute atomic E-state index is 12.2. The Morgan fingerprint density at radius 2 is 1.78 bits per heavy atom. The summed E-state index contributed by atoms with van der Waals surface area (Å²) in [7, 11) is 0. The van der Waals surface area contributed by atoms with Crippen molar-refractivity contribution in [3.05, 3.63) is 66.0 Å². The maximum atomic E-state index is 12.2. The van der Waals surface area contributed by atoms with Crippen LogP contribution in [-0.4, -0.2) is 15.9 Å². The first kappa shape index (κ1) is 15.3. The summed E-state index contributed by atoms with van der Waals surface area (Å²) in [4.78, 5) is 20.2. The number of rotatable bonds is 5. The Labute approximate surface area is 136 Å². The van der Waals surface area contributed by atoms with Crippen molar-refractivity contribution in [2.45, 2.75) is 26.3 Å². The van der Waals surface area contributed by atoms with Gasteiger partial charge >= 0.3 is 0 Å². The Morgan fingerprint density at radius 1 is 1.09 bits per heavy atom. The van der Waals surface area contributed by atoms with Gasteiger partial charge in [-0.15, -0.1) is 0 Å². The molecule has 0 bridgehead atoms. The number of para-hydroxylation sites is 2. The summed E-state index contributed by atoms with van der Waals surface area (Å²) in [5.74, 6) is 0.771. The highest BCUT2D eigenvalue weighted by molar-refractivity contribution is 5.79. The van der Waals surface area contributed by atoms with Gasteiger partial charge in [0.15, 0.2) is 0 Å². The van der Waals surface area contributed by atoms with E-state index in [-0.39, 0.29) is 17.9 Å². The average Bonchev–Trinajstić information content (AvgIpc) is 2.99. The van der Waals surface area contributed by atoms with E-state index in [9.17, 15) is 4.79 Å². The molecule has 4 nitrogen and oxygen atoms in total. The summed E-state index contributed by atoms with van der Waals surface area (Å²) in [6, 6.07) is 17.9. The van der Waals surface area contributed by atoms with Crippen LogP contribution in [0.15, 0.2) is 54.6 Å². The molecule has 1 aromatic heterocycles. The van der Waals surface area contributed by atoms with E-state index in [1.54, 1.807) is 0 Å².